The normalized spacial score (nSPS) is 13.6. The average molecular weight is 761 g/mol. The fraction of sp³-hybridized carbons (Fsp3) is 0.370. The highest BCUT2D eigenvalue weighted by atomic mass is 16.6. The zero-order valence-electron chi connectivity index (χ0n) is 33.5. The molecule has 5 aromatic rings. The molecule has 1 heterocycles. The van der Waals surface area contributed by atoms with E-state index in [1.807, 2.05) is 91.9 Å². The van der Waals surface area contributed by atoms with E-state index in [0.29, 0.717) is 23.5 Å². The van der Waals surface area contributed by atoms with Crippen molar-refractivity contribution in [1.82, 2.24) is 9.88 Å². The molecule has 0 N–H and O–H groups in total. The first-order chi connectivity index (χ1) is 26.5. The minimum Gasteiger partial charge on any atom is -0.465 e. The van der Waals surface area contributed by atoms with Crippen LogP contribution in [0.25, 0.3) is 27.9 Å². The summed E-state index contributed by atoms with van der Waals surface area (Å²) in [6.07, 6.45) is 3.65. The van der Waals surface area contributed by atoms with E-state index >= 15 is 0 Å². The third-order valence-electron chi connectivity index (χ3n) is 9.28. The summed E-state index contributed by atoms with van der Waals surface area (Å²) < 4.78 is 22.2. The van der Waals surface area contributed by atoms with E-state index in [1.165, 1.54) is 7.11 Å². The maximum absolute atomic E-state index is 14.8. The Hall–Kier alpha value is -5.77. The number of carbonyl (C=O) groups is 4. The summed E-state index contributed by atoms with van der Waals surface area (Å²) in [6, 6.07) is 28.3. The molecule has 294 valence electrons. The van der Waals surface area contributed by atoms with Crippen LogP contribution >= 0.6 is 0 Å². The number of amides is 1. The SMILES string of the molecule is COC(=O)c1ccc([C@H](C/C=C/c2nc3ccccc3o2)[C@H](C)N(Cc2ccc3ccccc3c2)C(=O)C[C@H](CC(=O)OC(C)(C)C)C(=O)OC(C)(C)C)cc1. The third-order valence-corrected chi connectivity index (χ3v) is 9.28. The molecule has 0 aliphatic heterocycles. The number of hydrogen-bond acceptors (Lipinski definition) is 9. The number of aromatic nitrogens is 1. The van der Waals surface area contributed by atoms with Gasteiger partial charge in [0.15, 0.2) is 5.58 Å². The van der Waals surface area contributed by atoms with Crippen LogP contribution in [0.15, 0.2) is 101 Å². The molecule has 0 saturated carbocycles. The zero-order chi connectivity index (χ0) is 40.6. The molecular weight excluding hydrogens is 709 g/mol. The van der Waals surface area contributed by atoms with Gasteiger partial charge in [-0.2, -0.15) is 0 Å². The van der Waals surface area contributed by atoms with E-state index in [1.54, 1.807) is 58.6 Å². The minimum atomic E-state index is -1.08. The lowest BCUT2D eigenvalue weighted by Gasteiger charge is -2.36. The van der Waals surface area contributed by atoms with E-state index < -0.39 is 41.1 Å². The maximum atomic E-state index is 14.8. The van der Waals surface area contributed by atoms with Crippen LogP contribution in [0.4, 0.5) is 0 Å². The number of para-hydroxylation sites is 2. The molecule has 0 unspecified atom stereocenters. The summed E-state index contributed by atoms with van der Waals surface area (Å²) in [6.45, 7) is 12.7. The maximum Gasteiger partial charge on any atom is 0.337 e. The van der Waals surface area contributed by atoms with E-state index in [9.17, 15) is 19.2 Å². The van der Waals surface area contributed by atoms with Gasteiger partial charge in [0, 0.05) is 24.9 Å². The quantitative estimate of drug-likeness (QED) is 0.0804. The Morgan fingerprint density at radius 2 is 1.46 bits per heavy atom. The van der Waals surface area contributed by atoms with E-state index in [-0.39, 0.29) is 31.2 Å². The number of ether oxygens (including phenoxy) is 3. The number of esters is 3. The van der Waals surface area contributed by atoms with Gasteiger partial charge < -0.3 is 23.5 Å². The highest BCUT2D eigenvalue weighted by molar-refractivity contribution is 5.89. The van der Waals surface area contributed by atoms with Gasteiger partial charge in [0.1, 0.15) is 16.7 Å². The summed E-state index contributed by atoms with van der Waals surface area (Å²) in [5, 5.41) is 2.09. The van der Waals surface area contributed by atoms with E-state index in [0.717, 1.165) is 27.4 Å². The number of carbonyl (C=O) groups excluding carboxylic acids is 4. The molecule has 56 heavy (non-hydrogen) atoms. The number of rotatable bonds is 14. The van der Waals surface area contributed by atoms with Crippen LogP contribution in [-0.4, -0.2) is 58.1 Å². The van der Waals surface area contributed by atoms with Gasteiger partial charge in [0.2, 0.25) is 11.8 Å². The topological polar surface area (TPSA) is 125 Å². The predicted molar refractivity (Wildman–Crippen MR) is 217 cm³/mol. The summed E-state index contributed by atoms with van der Waals surface area (Å²) in [5.74, 6) is -2.95. The van der Waals surface area contributed by atoms with Crippen LogP contribution in [0.5, 0.6) is 0 Å². The van der Waals surface area contributed by atoms with Crippen molar-refractivity contribution in [3.63, 3.8) is 0 Å². The van der Waals surface area contributed by atoms with Gasteiger partial charge >= 0.3 is 17.9 Å². The Morgan fingerprint density at radius 3 is 2.12 bits per heavy atom. The van der Waals surface area contributed by atoms with Crippen LogP contribution in [0.3, 0.4) is 0 Å². The molecule has 0 bridgehead atoms. The second kappa shape index (κ2) is 17.8. The number of fused-ring (bicyclic) bond motifs is 2. The Bertz CT molecular complexity index is 2160. The van der Waals surface area contributed by atoms with Gasteiger partial charge in [-0.3, -0.25) is 14.4 Å². The van der Waals surface area contributed by atoms with Gasteiger partial charge in [-0.15, -0.1) is 0 Å². The van der Waals surface area contributed by atoms with Crippen molar-refractivity contribution >= 4 is 51.8 Å². The van der Waals surface area contributed by atoms with Crippen molar-refractivity contribution in [3.8, 4) is 0 Å². The van der Waals surface area contributed by atoms with Gasteiger partial charge in [-0.1, -0.05) is 66.7 Å². The highest BCUT2D eigenvalue weighted by Crippen LogP contribution is 2.32. The van der Waals surface area contributed by atoms with Crippen LogP contribution in [0.2, 0.25) is 0 Å². The molecular formula is C46H52N2O8. The van der Waals surface area contributed by atoms with Crippen molar-refractivity contribution in [1.29, 1.82) is 0 Å². The highest BCUT2D eigenvalue weighted by Gasteiger charge is 2.35. The first-order valence-electron chi connectivity index (χ1n) is 18.9. The molecule has 0 radical (unpaired) electrons. The fourth-order valence-electron chi connectivity index (χ4n) is 6.62. The van der Waals surface area contributed by atoms with Crippen LogP contribution < -0.4 is 0 Å². The lowest BCUT2D eigenvalue weighted by Crippen LogP contribution is -2.43. The molecule has 0 spiro atoms. The standard InChI is InChI=1S/C46H52N2O8/c1-30(37(33-22-24-34(25-23-33)43(51)53-8)16-13-19-40-47-38-17-11-12-18-39(38)54-40)48(29-31-20-21-32-14-9-10-15-35(32)26-31)41(49)27-36(44(52)56-46(5,6)7)28-42(50)55-45(2,3)4/h9-15,17-26,30,36-37H,16,27-29H2,1-8H3/b19-13+/t30-,36+,37+/m0/s1. The molecule has 0 saturated heterocycles. The molecule has 10 heteroatoms. The Morgan fingerprint density at radius 1 is 0.804 bits per heavy atom. The summed E-state index contributed by atoms with van der Waals surface area (Å²) >= 11 is 0. The fourth-order valence-corrected chi connectivity index (χ4v) is 6.62. The lowest BCUT2D eigenvalue weighted by molar-refractivity contribution is -0.168. The third kappa shape index (κ3) is 11.4. The molecule has 3 atom stereocenters. The summed E-state index contributed by atoms with van der Waals surface area (Å²) in [7, 11) is 1.33. The van der Waals surface area contributed by atoms with Gasteiger partial charge in [-0.05, 0) is 113 Å². The van der Waals surface area contributed by atoms with E-state index in [2.05, 4.69) is 11.1 Å². The second-order valence-electron chi connectivity index (χ2n) is 16.0. The summed E-state index contributed by atoms with van der Waals surface area (Å²) in [4.78, 5) is 60.2. The first kappa shape index (κ1) is 41.4. The van der Waals surface area contributed by atoms with Crippen molar-refractivity contribution in [2.75, 3.05) is 7.11 Å². The second-order valence-corrected chi connectivity index (χ2v) is 16.0. The predicted octanol–water partition coefficient (Wildman–Crippen LogP) is 9.45. The van der Waals surface area contributed by atoms with Gasteiger partial charge in [0.25, 0.3) is 0 Å². The Balaban J connectivity index is 1.53. The number of nitrogens with zero attached hydrogens (tertiary/aromatic N) is 2. The van der Waals surface area contributed by atoms with Crippen LogP contribution in [0.1, 0.15) is 101 Å². The molecule has 1 amide bonds. The Labute approximate surface area is 328 Å². The number of hydrogen-bond donors (Lipinski definition) is 0. The number of allylic oxidation sites excluding steroid dienone is 1. The molecule has 10 nitrogen and oxygen atoms in total. The first-order valence-corrected chi connectivity index (χ1v) is 18.9. The van der Waals surface area contributed by atoms with Crippen molar-refractivity contribution in [3.05, 3.63) is 120 Å². The minimum absolute atomic E-state index is 0.226. The van der Waals surface area contributed by atoms with Gasteiger partial charge in [-0.25, -0.2) is 9.78 Å². The summed E-state index contributed by atoms with van der Waals surface area (Å²) in [5.41, 5.74) is 1.97. The van der Waals surface area contributed by atoms with Crippen LogP contribution in [0, 0.1) is 5.92 Å². The Kier molecular flexibility index (Phi) is 13.2. The van der Waals surface area contributed by atoms with Crippen molar-refractivity contribution in [2.24, 2.45) is 5.92 Å². The number of methoxy groups -OCH3 is 1. The monoisotopic (exact) mass is 760 g/mol. The molecule has 0 aliphatic rings. The molecule has 0 aliphatic carbocycles. The average Bonchev–Trinajstić information content (AvgIpc) is 3.56. The van der Waals surface area contributed by atoms with Crippen molar-refractivity contribution in [2.45, 2.75) is 97.4 Å². The zero-order valence-corrected chi connectivity index (χ0v) is 33.5. The largest absolute Gasteiger partial charge is 0.465 e. The van der Waals surface area contributed by atoms with Gasteiger partial charge in [0.05, 0.1) is 25.0 Å². The number of benzene rings is 4. The molecule has 1 aromatic heterocycles. The van der Waals surface area contributed by atoms with Crippen molar-refractivity contribution < 1.29 is 37.8 Å². The van der Waals surface area contributed by atoms with Crippen LogP contribution in [-0.2, 0) is 35.1 Å². The smallest absolute Gasteiger partial charge is 0.337 e. The van der Waals surface area contributed by atoms with E-state index in [4.69, 9.17) is 18.6 Å². The molecule has 4 aromatic carbocycles. The molecule has 5 rings (SSSR count). The number of oxazole rings is 1. The molecule has 0 fully saturated rings. The lowest BCUT2D eigenvalue weighted by atomic mass is 9.87.